The third kappa shape index (κ3) is 2.37. The summed E-state index contributed by atoms with van der Waals surface area (Å²) in [6.07, 6.45) is 2.55. The van der Waals surface area contributed by atoms with Gasteiger partial charge < -0.3 is 5.73 Å². The van der Waals surface area contributed by atoms with E-state index in [9.17, 15) is 0 Å². The van der Waals surface area contributed by atoms with Crippen LogP contribution in [0.3, 0.4) is 0 Å². The first-order valence-corrected chi connectivity index (χ1v) is 7.95. The van der Waals surface area contributed by atoms with Crippen LogP contribution in [0.4, 0.5) is 0 Å². The van der Waals surface area contributed by atoms with E-state index >= 15 is 0 Å². The van der Waals surface area contributed by atoms with Gasteiger partial charge in [0.15, 0.2) is 0 Å². The van der Waals surface area contributed by atoms with Crippen LogP contribution in [0.5, 0.6) is 0 Å². The summed E-state index contributed by atoms with van der Waals surface area (Å²) in [6, 6.07) is 10.4. The summed E-state index contributed by atoms with van der Waals surface area (Å²) in [4.78, 5) is 2.50. The van der Waals surface area contributed by atoms with Gasteiger partial charge in [0.1, 0.15) is 0 Å². The minimum atomic E-state index is 0.210. The highest BCUT2D eigenvalue weighted by molar-refractivity contribution is 9.10. The molecule has 1 nitrogen and oxygen atoms in total. The second-order valence-electron chi connectivity index (χ2n) is 4.67. The van der Waals surface area contributed by atoms with Crippen molar-refractivity contribution in [3.63, 3.8) is 0 Å². The van der Waals surface area contributed by atoms with Gasteiger partial charge in [0, 0.05) is 25.8 Å². The fraction of sp³-hybridized carbons (Fsp3) is 0.286. The molecule has 2 aromatic rings. The Morgan fingerprint density at radius 2 is 2.06 bits per heavy atom. The Hall–Kier alpha value is -0.350. The zero-order valence-electron chi connectivity index (χ0n) is 9.70. The molecule has 1 atom stereocenters. The van der Waals surface area contributed by atoms with Gasteiger partial charge in [-0.1, -0.05) is 23.7 Å². The molecule has 4 heteroatoms. The molecule has 3 rings (SSSR count). The van der Waals surface area contributed by atoms with Gasteiger partial charge in [-0.2, -0.15) is 0 Å². The van der Waals surface area contributed by atoms with Crippen molar-refractivity contribution in [2.45, 2.75) is 18.9 Å². The number of nitrogens with two attached hydrogens (primary N) is 1. The van der Waals surface area contributed by atoms with Crippen LogP contribution in [-0.4, -0.2) is 0 Å². The summed E-state index contributed by atoms with van der Waals surface area (Å²) < 4.78 is 0.958. The average Bonchev–Trinajstić information content (AvgIpc) is 3.10. The molecule has 1 saturated carbocycles. The fourth-order valence-electron chi connectivity index (χ4n) is 2.06. The lowest BCUT2D eigenvalue weighted by atomic mass is 10.1. The second-order valence-corrected chi connectivity index (χ2v) is 6.98. The van der Waals surface area contributed by atoms with E-state index in [1.807, 2.05) is 12.1 Å². The van der Waals surface area contributed by atoms with Gasteiger partial charge in [-0.15, -0.1) is 11.3 Å². The van der Waals surface area contributed by atoms with Gasteiger partial charge in [-0.3, -0.25) is 0 Å². The molecule has 1 aliphatic carbocycles. The summed E-state index contributed by atoms with van der Waals surface area (Å²) in [5, 5.41) is 0.744. The maximum absolute atomic E-state index is 6.23. The maximum atomic E-state index is 6.23. The van der Waals surface area contributed by atoms with Gasteiger partial charge in [0.2, 0.25) is 0 Å². The van der Waals surface area contributed by atoms with Crippen LogP contribution in [0.15, 0.2) is 34.8 Å². The van der Waals surface area contributed by atoms with Crippen molar-refractivity contribution >= 4 is 38.9 Å². The van der Waals surface area contributed by atoms with Crippen molar-refractivity contribution in [3.05, 3.63) is 44.7 Å². The number of benzene rings is 1. The lowest BCUT2D eigenvalue weighted by Crippen LogP contribution is -2.10. The third-order valence-electron chi connectivity index (χ3n) is 3.30. The monoisotopic (exact) mass is 341 g/mol. The number of thiophene rings is 1. The fourth-order valence-corrected chi connectivity index (χ4v) is 3.98. The Bertz CT molecular complexity index is 577. The van der Waals surface area contributed by atoms with Crippen LogP contribution in [0.1, 0.15) is 23.8 Å². The molecule has 1 aromatic heterocycles. The van der Waals surface area contributed by atoms with Crippen molar-refractivity contribution in [1.82, 2.24) is 0 Å². The van der Waals surface area contributed by atoms with E-state index in [1.54, 1.807) is 11.3 Å². The van der Waals surface area contributed by atoms with Crippen molar-refractivity contribution in [3.8, 4) is 10.4 Å². The van der Waals surface area contributed by atoms with E-state index in [0.717, 1.165) is 15.1 Å². The normalized spacial score (nSPS) is 16.8. The molecule has 0 amide bonds. The van der Waals surface area contributed by atoms with Gasteiger partial charge in [-0.05, 0) is 52.9 Å². The molecule has 0 bridgehead atoms. The van der Waals surface area contributed by atoms with E-state index in [2.05, 4.69) is 34.1 Å². The molecule has 0 saturated heterocycles. The Morgan fingerprint density at radius 3 is 2.78 bits per heavy atom. The van der Waals surface area contributed by atoms with Crippen molar-refractivity contribution in [1.29, 1.82) is 0 Å². The molecule has 1 aromatic carbocycles. The highest BCUT2D eigenvalue weighted by Crippen LogP contribution is 2.44. The largest absolute Gasteiger partial charge is 0.323 e. The van der Waals surface area contributed by atoms with Crippen molar-refractivity contribution in [2.24, 2.45) is 11.7 Å². The Morgan fingerprint density at radius 1 is 1.28 bits per heavy atom. The van der Waals surface area contributed by atoms with E-state index in [4.69, 9.17) is 17.3 Å². The molecule has 94 valence electrons. The molecular formula is C14H13BrClNS. The quantitative estimate of drug-likeness (QED) is 0.811. The van der Waals surface area contributed by atoms with Crippen LogP contribution >= 0.6 is 38.9 Å². The topological polar surface area (TPSA) is 26.0 Å². The Labute approximate surface area is 124 Å². The zero-order valence-corrected chi connectivity index (χ0v) is 12.9. The highest BCUT2D eigenvalue weighted by atomic mass is 79.9. The standard InChI is InChI=1S/C14H13BrClNS/c15-13-9(2-1-3-10(13)16)11-6-7-12(18-11)14(17)8-4-5-8/h1-3,6-8,14H,4-5,17H2. The second kappa shape index (κ2) is 4.97. The number of rotatable bonds is 3. The van der Waals surface area contributed by atoms with E-state index in [-0.39, 0.29) is 6.04 Å². The summed E-state index contributed by atoms with van der Waals surface area (Å²) in [5.74, 6) is 0.694. The molecule has 1 unspecified atom stereocenters. The molecule has 1 heterocycles. The van der Waals surface area contributed by atoms with Crippen LogP contribution in [0.2, 0.25) is 5.02 Å². The van der Waals surface area contributed by atoms with Gasteiger partial charge in [0.25, 0.3) is 0 Å². The predicted octanol–water partition coefficient (Wildman–Crippen LogP) is 5.24. The molecule has 0 radical (unpaired) electrons. The first-order valence-electron chi connectivity index (χ1n) is 5.96. The Balaban J connectivity index is 1.94. The molecule has 1 aliphatic rings. The SMILES string of the molecule is NC(c1ccc(-c2cccc(Cl)c2Br)s1)C1CC1. The summed E-state index contributed by atoms with van der Waals surface area (Å²) in [7, 11) is 0. The summed E-state index contributed by atoms with van der Waals surface area (Å²) in [6.45, 7) is 0. The van der Waals surface area contributed by atoms with Gasteiger partial charge in [-0.25, -0.2) is 0 Å². The first kappa shape index (κ1) is 12.7. The van der Waals surface area contributed by atoms with Gasteiger partial charge in [0.05, 0.1) is 5.02 Å². The maximum Gasteiger partial charge on any atom is 0.0554 e. The van der Waals surface area contributed by atoms with Crippen molar-refractivity contribution in [2.75, 3.05) is 0 Å². The van der Waals surface area contributed by atoms with Crippen LogP contribution in [-0.2, 0) is 0 Å². The number of halogens is 2. The summed E-state index contributed by atoms with van der Waals surface area (Å²) in [5.41, 5.74) is 7.37. The van der Waals surface area contributed by atoms with E-state index < -0.39 is 0 Å². The van der Waals surface area contributed by atoms with E-state index in [0.29, 0.717) is 5.92 Å². The van der Waals surface area contributed by atoms with E-state index in [1.165, 1.54) is 22.6 Å². The lowest BCUT2D eigenvalue weighted by Gasteiger charge is -2.07. The molecule has 2 N–H and O–H groups in total. The minimum absolute atomic E-state index is 0.210. The van der Waals surface area contributed by atoms with Crippen LogP contribution in [0, 0.1) is 5.92 Å². The van der Waals surface area contributed by atoms with Gasteiger partial charge >= 0.3 is 0 Å². The summed E-state index contributed by atoms with van der Waals surface area (Å²) >= 11 is 11.4. The molecule has 0 aliphatic heterocycles. The molecule has 18 heavy (non-hydrogen) atoms. The number of hydrogen-bond donors (Lipinski definition) is 1. The zero-order chi connectivity index (χ0) is 12.7. The minimum Gasteiger partial charge on any atom is -0.323 e. The van der Waals surface area contributed by atoms with Crippen LogP contribution < -0.4 is 5.73 Å². The predicted molar refractivity (Wildman–Crippen MR) is 82.1 cm³/mol. The van der Waals surface area contributed by atoms with Crippen LogP contribution in [0.25, 0.3) is 10.4 Å². The number of hydrogen-bond acceptors (Lipinski definition) is 2. The molecule has 1 fully saturated rings. The first-order chi connectivity index (χ1) is 8.66. The lowest BCUT2D eigenvalue weighted by molar-refractivity contribution is 0.645. The van der Waals surface area contributed by atoms with Crippen molar-refractivity contribution < 1.29 is 0 Å². The average molecular weight is 343 g/mol. The molecule has 0 spiro atoms. The third-order valence-corrected chi connectivity index (χ3v) is 5.92. The smallest absolute Gasteiger partial charge is 0.0554 e. The Kier molecular flexibility index (Phi) is 3.50. The highest BCUT2D eigenvalue weighted by Gasteiger charge is 2.30. The molecular weight excluding hydrogens is 330 g/mol.